The lowest BCUT2D eigenvalue weighted by Crippen LogP contribution is -2.23. The normalized spacial score (nSPS) is 11.3. The molecular weight excluding hydrogens is 306 g/mol. The highest BCUT2D eigenvalue weighted by Crippen LogP contribution is 2.25. The van der Waals surface area contributed by atoms with Crippen LogP contribution in [0.1, 0.15) is 21.7 Å². The fourth-order valence-electron chi connectivity index (χ4n) is 1.58. The standard InChI is InChI=1S/C14H13N3O4S/c1-8-15-14(17-16-8)22-11(12(18)19)7-9-3-5-10(6-4-9)13(20)21-2/h3-7H,1-2H3,(H,18,19)(H,15,16,17)/p-1/b11-7+. The van der Waals surface area contributed by atoms with E-state index in [1.54, 1.807) is 31.2 Å². The van der Waals surface area contributed by atoms with Gasteiger partial charge in [-0.15, -0.1) is 5.10 Å². The molecule has 0 saturated heterocycles. The van der Waals surface area contributed by atoms with Crippen molar-refractivity contribution >= 4 is 29.8 Å². The van der Waals surface area contributed by atoms with Crippen LogP contribution < -0.4 is 5.11 Å². The summed E-state index contributed by atoms with van der Waals surface area (Å²) < 4.78 is 4.59. The molecule has 8 heteroatoms. The van der Waals surface area contributed by atoms with Crippen LogP contribution in [-0.4, -0.2) is 34.2 Å². The van der Waals surface area contributed by atoms with Crippen LogP contribution in [-0.2, 0) is 9.53 Å². The molecule has 0 bridgehead atoms. The van der Waals surface area contributed by atoms with Crippen molar-refractivity contribution in [1.82, 2.24) is 15.2 Å². The van der Waals surface area contributed by atoms with E-state index >= 15 is 0 Å². The number of carbonyl (C=O) groups is 2. The Balaban J connectivity index is 2.22. The van der Waals surface area contributed by atoms with Crippen LogP contribution in [0.3, 0.4) is 0 Å². The number of nitrogens with zero attached hydrogens (tertiary/aromatic N) is 2. The number of aromatic nitrogens is 3. The van der Waals surface area contributed by atoms with Crippen LogP contribution in [0.4, 0.5) is 0 Å². The van der Waals surface area contributed by atoms with Gasteiger partial charge in [0, 0.05) is 4.91 Å². The van der Waals surface area contributed by atoms with Crippen LogP contribution in [0.25, 0.3) is 6.08 Å². The largest absolute Gasteiger partial charge is 0.544 e. The molecule has 0 aliphatic carbocycles. The van der Waals surface area contributed by atoms with Crippen LogP contribution in [0.15, 0.2) is 34.3 Å². The molecule has 0 aliphatic heterocycles. The topological polar surface area (TPSA) is 108 Å². The highest BCUT2D eigenvalue weighted by atomic mass is 32.2. The van der Waals surface area contributed by atoms with Gasteiger partial charge in [-0.1, -0.05) is 12.1 Å². The molecule has 0 amide bonds. The predicted molar refractivity (Wildman–Crippen MR) is 77.7 cm³/mol. The highest BCUT2D eigenvalue weighted by molar-refractivity contribution is 8.04. The number of hydrogen-bond acceptors (Lipinski definition) is 7. The molecule has 1 aromatic carbocycles. The molecule has 1 N–H and O–H groups in total. The number of ether oxygens (including phenoxy) is 1. The van der Waals surface area contributed by atoms with Gasteiger partial charge in [-0.25, -0.2) is 9.78 Å². The minimum atomic E-state index is -1.33. The lowest BCUT2D eigenvalue weighted by Gasteiger charge is -2.06. The van der Waals surface area contributed by atoms with E-state index in [1.165, 1.54) is 13.2 Å². The number of hydrogen-bond donors (Lipinski definition) is 1. The number of thioether (sulfide) groups is 1. The summed E-state index contributed by atoms with van der Waals surface area (Å²) in [5, 5.41) is 18.0. The Morgan fingerprint density at radius 2 is 2.00 bits per heavy atom. The van der Waals surface area contributed by atoms with E-state index in [0.29, 0.717) is 22.1 Å². The number of benzene rings is 1. The molecule has 114 valence electrons. The monoisotopic (exact) mass is 318 g/mol. The van der Waals surface area contributed by atoms with Crippen molar-refractivity contribution in [2.75, 3.05) is 7.11 Å². The van der Waals surface area contributed by atoms with Crippen molar-refractivity contribution in [3.8, 4) is 0 Å². The van der Waals surface area contributed by atoms with Gasteiger partial charge in [-0.05, 0) is 42.5 Å². The minimum Gasteiger partial charge on any atom is -0.544 e. The number of H-pyrrole nitrogens is 1. The van der Waals surface area contributed by atoms with Gasteiger partial charge in [0.15, 0.2) is 0 Å². The summed E-state index contributed by atoms with van der Waals surface area (Å²) in [6, 6.07) is 6.32. The molecule has 2 aromatic rings. The molecule has 1 aromatic heterocycles. The molecule has 0 saturated carbocycles. The second kappa shape index (κ2) is 6.90. The second-order valence-corrected chi connectivity index (χ2v) is 5.22. The Hall–Kier alpha value is -2.61. The highest BCUT2D eigenvalue weighted by Gasteiger charge is 2.08. The zero-order valence-corrected chi connectivity index (χ0v) is 12.6. The summed E-state index contributed by atoms with van der Waals surface area (Å²) >= 11 is 0.881. The molecule has 0 aliphatic rings. The number of carbonyl (C=O) groups excluding carboxylic acids is 2. The smallest absolute Gasteiger partial charge is 0.337 e. The summed E-state index contributed by atoms with van der Waals surface area (Å²) in [5.41, 5.74) is 0.985. The summed E-state index contributed by atoms with van der Waals surface area (Å²) in [5.74, 6) is -1.20. The zero-order chi connectivity index (χ0) is 16.1. The minimum absolute atomic E-state index is 0.0372. The number of aromatic amines is 1. The van der Waals surface area contributed by atoms with Gasteiger partial charge in [-0.2, -0.15) is 0 Å². The lowest BCUT2D eigenvalue weighted by molar-refractivity contribution is -0.298. The first kappa shape index (κ1) is 15.8. The Bertz CT molecular complexity index is 722. The third-order valence-corrected chi connectivity index (χ3v) is 3.48. The summed E-state index contributed by atoms with van der Waals surface area (Å²) in [4.78, 5) is 26.5. The predicted octanol–water partition coefficient (Wildman–Crippen LogP) is 0.783. The van der Waals surface area contributed by atoms with Crippen molar-refractivity contribution < 1.29 is 19.4 Å². The van der Waals surface area contributed by atoms with Crippen LogP contribution >= 0.6 is 11.8 Å². The van der Waals surface area contributed by atoms with E-state index in [-0.39, 0.29) is 4.91 Å². The van der Waals surface area contributed by atoms with E-state index < -0.39 is 11.9 Å². The van der Waals surface area contributed by atoms with Crippen molar-refractivity contribution in [3.05, 3.63) is 46.1 Å². The number of esters is 1. The van der Waals surface area contributed by atoms with Crippen molar-refractivity contribution in [2.45, 2.75) is 12.1 Å². The number of carboxylic acids is 1. The third-order valence-electron chi connectivity index (χ3n) is 2.61. The van der Waals surface area contributed by atoms with Gasteiger partial charge in [0.1, 0.15) is 5.82 Å². The summed E-state index contributed by atoms with van der Waals surface area (Å²) in [6.07, 6.45) is 1.42. The average molecular weight is 318 g/mol. The fraction of sp³-hybridized carbons (Fsp3) is 0.143. The first-order valence-corrected chi connectivity index (χ1v) is 6.99. The number of aryl methyl sites for hydroxylation is 1. The SMILES string of the molecule is COC(=O)c1ccc(/C=C(/Sc2n[nH]c(C)n2)C(=O)[O-])cc1. The molecular formula is C14H12N3O4S-. The number of rotatable bonds is 5. The Morgan fingerprint density at radius 3 is 2.50 bits per heavy atom. The molecule has 0 radical (unpaired) electrons. The van der Waals surface area contributed by atoms with Gasteiger partial charge in [0.2, 0.25) is 5.16 Å². The maximum absolute atomic E-state index is 11.3. The first-order valence-electron chi connectivity index (χ1n) is 6.18. The first-order chi connectivity index (χ1) is 10.5. The molecule has 0 fully saturated rings. The quantitative estimate of drug-likeness (QED) is 0.493. The van der Waals surface area contributed by atoms with Gasteiger partial charge in [0.25, 0.3) is 0 Å². The molecule has 2 rings (SSSR count). The molecule has 0 atom stereocenters. The molecule has 1 heterocycles. The van der Waals surface area contributed by atoms with E-state index in [2.05, 4.69) is 19.9 Å². The van der Waals surface area contributed by atoms with Crippen molar-refractivity contribution in [1.29, 1.82) is 0 Å². The third kappa shape index (κ3) is 3.95. The molecule has 0 unspecified atom stereocenters. The van der Waals surface area contributed by atoms with Crippen molar-refractivity contribution in [2.24, 2.45) is 0 Å². The van der Waals surface area contributed by atoms with Crippen LogP contribution in [0.5, 0.6) is 0 Å². The van der Waals surface area contributed by atoms with E-state index in [4.69, 9.17) is 0 Å². The summed E-state index contributed by atoms with van der Waals surface area (Å²) in [7, 11) is 1.29. The van der Waals surface area contributed by atoms with Gasteiger partial charge < -0.3 is 14.6 Å². The number of nitrogens with one attached hydrogen (secondary N) is 1. The van der Waals surface area contributed by atoms with E-state index in [1.807, 2.05) is 0 Å². The van der Waals surface area contributed by atoms with Crippen LogP contribution in [0.2, 0.25) is 0 Å². The molecule has 7 nitrogen and oxygen atoms in total. The maximum Gasteiger partial charge on any atom is 0.337 e. The van der Waals surface area contributed by atoms with Gasteiger partial charge in [-0.3, -0.25) is 5.10 Å². The average Bonchev–Trinajstić information content (AvgIpc) is 2.91. The number of carboxylic acid groups (broad SMARTS) is 1. The Kier molecular flexibility index (Phi) is 4.95. The Labute approximate surface area is 130 Å². The van der Waals surface area contributed by atoms with E-state index in [9.17, 15) is 14.7 Å². The number of methoxy groups -OCH3 is 1. The zero-order valence-electron chi connectivity index (χ0n) is 11.8. The molecule has 0 spiro atoms. The molecule has 22 heavy (non-hydrogen) atoms. The van der Waals surface area contributed by atoms with Crippen LogP contribution in [0, 0.1) is 6.92 Å². The summed E-state index contributed by atoms with van der Waals surface area (Å²) in [6.45, 7) is 1.71. The maximum atomic E-state index is 11.3. The fourth-order valence-corrected chi connectivity index (χ4v) is 2.33. The van der Waals surface area contributed by atoms with Gasteiger partial charge in [0.05, 0.1) is 18.6 Å². The second-order valence-electron chi connectivity index (χ2n) is 4.22. The number of aliphatic carboxylic acids is 1. The van der Waals surface area contributed by atoms with Gasteiger partial charge >= 0.3 is 5.97 Å². The lowest BCUT2D eigenvalue weighted by atomic mass is 10.1. The van der Waals surface area contributed by atoms with E-state index in [0.717, 1.165) is 11.8 Å². The van der Waals surface area contributed by atoms with Crippen molar-refractivity contribution in [3.63, 3.8) is 0 Å². The Morgan fingerprint density at radius 1 is 1.32 bits per heavy atom.